The van der Waals surface area contributed by atoms with Crippen LogP contribution in [0.2, 0.25) is 10.0 Å². The molecule has 140 valence electrons. The van der Waals surface area contributed by atoms with Crippen molar-refractivity contribution in [2.75, 3.05) is 25.4 Å². The lowest BCUT2D eigenvalue weighted by Crippen LogP contribution is -2.36. The van der Waals surface area contributed by atoms with E-state index in [0.29, 0.717) is 21.9 Å². The number of rotatable bonds is 6. The fourth-order valence-corrected chi connectivity index (χ4v) is 4.15. The van der Waals surface area contributed by atoms with Crippen LogP contribution in [0.25, 0.3) is 0 Å². The first-order valence-corrected chi connectivity index (χ1v) is 10.3. The predicted molar refractivity (Wildman–Crippen MR) is 113 cm³/mol. The minimum atomic E-state index is 0.603. The molecule has 1 aliphatic rings. The van der Waals surface area contributed by atoms with Crippen LogP contribution >= 0.6 is 23.2 Å². The summed E-state index contributed by atoms with van der Waals surface area (Å²) in [5.41, 5.74) is 9.30. The summed E-state index contributed by atoms with van der Waals surface area (Å²) in [6.45, 7) is 5.87. The fraction of sp³-hybridized carbons (Fsp3) is 0.455. The van der Waals surface area contributed by atoms with Crippen LogP contribution in [-0.4, -0.2) is 24.5 Å². The van der Waals surface area contributed by atoms with Gasteiger partial charge < -0.3 is 10.6 Å². The average molecular weight is 391 g/mol. The van der Waals surface area contributed by atoms with E-state index >= 15 is 0 Å². The zero-order chi connectivity index (χ0) is 18.5. The van der Waals surface area contributed by atoms with Crippen LogP contribution in [0.3, 0.4) is 0 Å². The van der Waals surface area contributed by atoms with Gasteiger partial charge in [0.15, 0.2) is 0 Å². The summed E-state index contributed by atoms with van der Waals surface area (Å²) in [7, 11) is 0. The second-order valence-electron chi connectivity index (χ2n) is 7.63. The van der Waals surface area contributed by atoms with Crippen LogP contribution in [0.5, 0.6) is 0 Å². The molecule has 0 amide bonds. The Hall–Kier alpha value is -1.22. The Balaban J connectivity index is 1.43. The smallest absolute Gasteiger partial charge is 0.0595 e. The maximum atomic E-state index is 6.18. The Morgan fingerprint density at radius 2 is 1.73 bits per heavy atom. The molecular weight excluding hydrogens is 363 g/mol. The lowest BCUT2D eigenvalue weighted by atomic mass is 9.89. The second-order valence-corrected chi connectivity index (χ2v) is 8.45. The SMILES string of the molecule is CC(CCc1ccc(N)cc1)CN1CCC(c2ccc(Cl)c(Cl)c2)CC1. The molecule has 4 heteroatoms. The van der Waals surface area contributed by atoms with E-state index in [-0.39, 0.29) is 0 Å². The minimum Gasteiger partial charge on any atom is -0.399 e. The summed E-state index contributed by atoms with van der Waals surface area (Å²) in [6.07, 6.45) is 4.74. The summed E-state index contributed by atoms with van der Waals surface area (Å²) in [4.78, 5) is 2.61. The van der Waals surface area contributed by atoms with Gasteiger partial charge in [0.2, 0.25) is 0 Å². The first kappa shape index (κ1) is 19.5. The largest absolute Gasteiger partial charge is 0.399 e. The zero-order valence-corrected chi connectivity index (χ0v) is 16.9. The number of likely N-dealkylation sites (tertiary alicyclic amines) is 1. The molecule has 0 radical (unpaired) electrons. The van der Waals surface area contributed by atoms with Gasteiger partial charge in [-0.25, -0.2) is 0 Å². The van der Waals surface area contributed by atoms with E-state index in [9.17, 15) is 0 Å². The molecule has 1 heterocycles. The summed E-state index contributed by atoms with van der Waals surface area (Å²) in [5, 5.41) is 1.31. The number of halogens is 2. The molecule has 1 unspecified atom stereocenters. The fourth-order valence-electron chi connectivity index (χ4n) is 3.84. The summed E-state index contributed by atoms with van der Waals surface area (Å²) >= 11 is 12.2. The number of benzene rings is 2. The van der Waals surface area contributed by atoms with E-state index in [1.54, 1.807) is 0 Å². The molecule has 1 atom stereocenters. The minimum absolute atomic E-state index is 0.603. The van der Waals surface area contributed by atoms with Crippen LogP contribution in [0.4, 0.5) is 5.69 Å². The lowest BCUT2D eigenvalue weighted by molar-refractivity contribution is 0.184. The van der Waals surface area contributed by atoms with E-state index in [1.807, 2.05) is 24.3 Å². The lowest BCUT2D eigenvalue weighted by Gasteiger charge is -2.34. The van der Waals surface area contributed by atoms with Crippen LogP contribution in [0.1, 0.15) is 43.2 Å². The van der Waals surface area contributed by atoms with Gasteiger partial charge in [-0.3, -0.25) is 0 Å². The molecule has 1 fully saturated rings. The third-order valence-corrected chi connectivity index (χ3v) is 6.22. The average Bonchev–Trinajstić information content (AvgIpc) is 2.64. The van der Waals surface area contributed by atoms with Gasteiger partial charge in [0.05, 0.1) is 10.0 Å². The Kier molecular flexibility index (Phi) is 6.86. The number of aryl methyl sites for hydroxylation is 1. The molecule has 0 bridgehead atoms. The molecule has 2 aromatic rings. The third kappa shape index (κ3) is 5.39. The molecule has 2 aromatic carbocycles. The van der Waals surface area contributed by atoms with Crippen LogP contribution < -0.4 is 5.73 Å². The van der Waals surface area contributed by atoms with E-state index < -0.39 is 0 Å². The van der Waals surface area contributed by atoms with Crippen LogP contribution in [0, 0.1) is 5.92 Å². The van der Waals surface area contributed by atoms with Crippen molar-refractivity contribution in [1.29, 1.82) is 0 Å². The van der Waals surface area contributed by atoms with Gasteiger partial charge in [0.1, 0.15) is 0 Å². The Bertz CT molecular complexity index is 707. The molecule has 0 aliphatic carbocycles. The topological polar surface area (TPSA) is 29.3 Å². The highest BCUT2D eigenvalue weighted by Gasteiger charge is 2.22. The normalized spacial score (nSPS) is 17.3. The molecule has 1 saturated heterocycles. The van der Waals surface area contributed by atoms with Crippen molar-refractivity contribution in [2.45, 2.75) is 38.5 Å². The molecule has 3 rings (SSSR count). The number of piperidine rings is 1. The number of nitrogens with two attached hydrogens (primary N) is 1. The number of nitrogen functional groups attached to an aromatic ring is 1. The van der Waals surface area contributed by atoms with E-state index in [1.165, 1.54) is 36.9 Å². The first-order chi connectivity index (χ1) is 12.5. The van der Waals surface area contributed by atoms with Crippen LogP contribution in [-0.2, 0) is 6.42 Å². The monoisotopic (exact) mass is 390 g/mol. The van der Waals surface area contributed by atoms with E-state index in [0.717, 1.165) is 25.2 Å². The van der Waals surface area contributed by atoms with Crippen molar-refractivity contribution >= 4 is 28.9 Å². The van der Waals surface area contributed by atoms with E-state index in [4.69, 9.17) is 28.9 Å². The molecule has 2 N–H and O–H groups in total. The maximum absolute atomic E-state index is 6.18. The summed E-state index contributed by atoms with van der Waals surface area (Å²) in [6, 6.07) is 14.4. The summed E-state index contributed by atoms with van der Waals surface area (Å²) < 4.78 is 0. The molecule has 2 nitrogen and oxygen atoms in total. The summed E-state index contributed by atoms with van der Waals surface area (Å²) in [5.74, 6) is 1.31. The standard InChI is InChI=1S/C22H28Cl2N2/c1-16(2-3-17-4-7-20(25)8-5-17)15-26-12-10-18(11-13-26)19-6-9-21(23)22(24)14-19/h4-9,14,16,18H,2-3,10-13,15,25H2,1H3. The Morgan fingerprint density at radius 3 is 2.38 bits per heavy atom. The number of nitrogens with zero attached hydrogens (tertiary/aromatic N) is 1. The van der Waals surface area contributed by atoms with Crippen molar-refractivity contribution in [2.24, 2.45) is 5.92 Å². The number of hydrogen-bond donors (Lipinski definition) is 1. The second kappa shape index (κ2) is 9.12. The third-order valence-electron chi connectivity index (χ3n) is 5.48. The van der Waals surface area contributed by atoms with Crippen molar-refractivity contribution in [3.05, 3.63) is 63.6 Å². The highest BCUT2D eigenvalue weighted by atomic mass is 35.5. The Labute approximate surface area is 167 Å². The quantitative estimate of drug-likeness (QED) is 0.610. The molecule has 0 spiro atoms. The predicted octanol–water partition coefficient (Wildman–Crippen LogP) is 6.02. The van der Waals surface area contributed by atoms with Gasteiger partial charge in [-0.15, -0.1) is 0 Å². The molecule has 26 heavy (non-hydrogen) atoms. The van der Waals surface area contributed by atoms with Gasteiger partial charge in [-0.05, 0) is 86.0 Å². The highest BCUT2D eigenvalue weighted by Crippen LogP contribution is 2.32. The van der Waals surface area contributed by atoms with Gasteiger partial charge in [0, 0.05) is 12.2 Å². The molecule has 0 aromatic heterocycles. The molecular formula is C22H28Cl2N2. The van der Waals surface area contributed by atoms with E-state index in [2.05, 4.69) is 30.0 Å². The van der Waals surface area contributed by atoms with Gasteiger partial charge in [-0.2, -0.15) is 0 Å². The van der Waals surface area contributed by atoms with Crippen molar-refractivity contribution in [3.63, 3.8) is 0 Å². The highest BCUT2D eigenvalue weighted by molar-refractivity contribution is 6.42. The molecule has 0 saturated carbocycles. The number of hydrogen-bond acceptors (Lipinski definition) is 2. The number of anilines is 1. The van der Waals surface area contributed by atoms with Crippen molar-refractivity contribution in [3.8, 4) is 0 Å². The van der Waals surface area contributed by atoms with Crippen molar-refractivity contribution < 1.29 is 0 Å². The van der Waals surface area contributed by atoms with Crippen molar-refractivity contribution in [1.82, 2.24) is 4.90 Å². The van der Waals surface area contributed by atoms with Gasteiger partial charge in [0.25, 0.3) is 0 Å². The van der Waals surface area contributed by atoms with Crippen LogP contribution in [0.15, 0.2) is 42.5 Å². The maximum Gasteiger partial charge on any atom is 0.0595 e. The zero-order valence-electron chi connectivity index (χ0n) is 15.4. The van der Waals surface area contributed by atoms with Gasteiger partial charge >= 0.3 is 0 Å². The first-order valence-electron chi connectivity index (χ1n) is 9.53. The Morgan fingerprint density at radius 1 is 1.04 bits per heavy atom. The molecule has 1 aliphatic heterocycles. The van der Waals surface area contributed by atoms with Gasteiger partial charge in [-0.1, -0.05) is 48.3 Å².